The molecule has 0 atom stereocenters. The SMILES string of the molecule is COc1ccc(-c2ccc3c(Br)cn(C(=O)OC(C)(C)C)c3c2)cc1. The number of aromatic nitrogens is 1. The summed E-state index contributed by atoms with van der Waals surface area (Å²) < 4.78 is 13.1. The van der Waals surface area contributed by atoms with E-state index in [9.17, 15) is 4.79 Å². The number of nitrogens with zero attached hydrogens (tertiary/aromatic N) is 1. The molecule has 0 radical (unpaired) electrons. The average Bonchev–Trinajstić information content (AvgIpc) is 2.90. The van der Waals surface area contributed by atoms with Gasteiger partial charge in [0.2, 0.25) is 0 Å². The lowest BCUT2D eigenvalue weighted by atomic mass is 10.0. The molecular formula is C20H20BrNO3. The molecule has 2 aromatic carbocycles. The van der Waals surface area contributed by atoms with Gasteiger partial charge in [0.05, 0.1) is 12.6 Å². The van der Waals surface area contributed by atoms with Gasteiger partial charge in [0.25, 0.3) is 0 Å². The summed E-state index contributed by atoms with van der Waals surface area (Å²) in [5.41, 5.74) is 2.32. The molecule has 1 heterocycles. The lowest BCUT2D eigenvalue weighted by Gasteiger charge is -2.19. The molecule has 0 aliphatic carbocycles. The second kappa shape index (κ2) is 6.56. The Morgan fingerprint density at radius 1 is 1.04 bits per heavy atom. The van der Waals surface area contributed by atoms with Crippen LogP contribution in [0.1, 0.15) is 20.8 Å². The molecule has 0 fully saturated rings. The van der Waals surface area contributed by atoms with E-state index in [4.69, 9.17) is 9.47 Å². The Bertz CT molecular complexity index is 921. The van der Waals surface area contributed by atoms with E-state index in [-0.39, 0.29) is 0 Å². The summed E-state index contributed by atoms with van der Waals surface area (Å²) in [6.45, 7) is 5.57. The zero-order valence-corrected chi connectivity index (χ0v) is 16.3. The minimum Gasteiger partial charge on any atom is -0.497 e. The molecule has 0 spiro atoms. The first-order chi connectivity index (χ1) is 11.8. The van der Waals surface area contributed by atoms with Gasteiger partial charge in [-0.05, 0) is 66.0 Å². The smallest absolute Gasteiger partial charge is 0.419 e. The van der Waals surface area contributed by atoms with Crippen molar-refractivity contribution in [3.05, 3.63) is 53.1 Å². The standard InChI is InChI=1S/C20H20BrNO3/c1-20(2,3)25-19(23)22-12-17(21)16-10-7-14(11-18(16)22)13-5-8-15(24-4)9-6-13/h5-12H,1-4H3. The molecule has 0 unspecified atom stereocenters. The molecule has 0 N–H and O–H groups in total. The topological polar surface area (TPSA) is 40.5 Å². The lowest BCUT2D eigenvalue weighted by molar-refractivity contribution is 0.0544. The highest BCUT2D eigenvalue weighted by molar-refractivity contribution is 9.10. The van der Waals surface area contributed by atoms with Crippen molar-refractivity contribution >= 4 is 32.9 Å². The van der Waals surface area contributed by atoms with Crippen LogP contribution in [0.3, 0.4) is 0 Å². The van der Waals surface area contributed by atoms with Crippen molar-refractivity contribution in [3.63, 3.8) is 0 Å². The van der Waals surface area contributed by atoms with E-state index in [1.165, 1.54) is 4.57 Å². The second-order valence-electron chi connectivity index (χ2n) is 6.79. The first kappa shape index (κ1) is 17.5. The van der Waals surface area contributed by atoms with Gasteiger partial charge in [0, 0.05) is 16.1 Å². The van der Waals surface area contributed by atoms with Crippen LogP contribution >= 0.6 is 15.9 Å². The monoisotopic (exact) mass is 401 g/mol. The maximum Gasteiger partial charge on any atom is 0.419 e. The largest absolute Gasteiger partial charge is 0.497 e. The normalized spacial score (nSPS) is 11.6. The van der Waals surface area contributed by atoms with Crippen LogP contribution in [0.4, 0.5) is 4.79 Å². The second-order valence-corrected chi connectivity index (χ2v) is 7.64. The zero-order chi connectivity index (χ0) is 18.2. The predicted molar refractivity (Wildman–Crippen MR) is 103 cm³/mol. The molecular weight excluding hydrogens is 382 g/mol. The number of halogens is 1. The molecule has 0 saturated heterocycles. The van der Waals surface area contributed by atoms with E-state index in [1.807, 2.05) is 63.2 Å². The maximum atomic E-state index is 12.5. The summed E-state index contributed by atoms with van der Waals surface area (Å²) >= 11 is 3.52. The van der Waals surface area contributed by atoms with Gasteiger partial charge >= 0.3 is 6.09 Å². The summed E-state index contributed by atoms with van der Waals surface area (Å²) in [4.78, 5) is 12.5. The number of carbonyl (C=O) groups is 1. The van der Waals surface area contributed by atoms with Crippen LogP contribution in [-0.2, 0) is 4.74 Å². The van der Waals surface area contributed by atoms with Crippen LogP contribution in [0.5, 0.6) is 5.75 Å². The molecule has 3 aromatic rings. The third-order valence-electron chi connectivity index (χ3n) is 3.77. The van der Waals surface area contributed by atoms with Crippen molar-refractivity contribution in [3.8, 4) is 16.9 Å². The van der Waals surface area contributed by atoms with Crippen molar-refractivity contribution in [1.82, 2.24) is 4.57 Å². The molecule has 5 heteroatoms. The summed E-state index contributed by atoms with van der Waals surface area (Å²) in [6, 6.07) is 13.9. The van der Waals surface area contributed by atoms with Gasteiger partial charge < -0.3 is 9.47 Å². The lowest BCUT2D eigenvalue weighted by Crippen LogP contribution is -2.26. The van der Waals surface area contributed by atoms with E-state index in [0.29, 0.717) is 0 Å². The van der Waals surface area contributed by atoms with Crippen LogP contribution in [0.25, 0.3) is 22.0 Å². The summed E-state index contributed by atoms with van der Waals surface area (Å²) in [7, 11) is 1.65. The predicted octanol–water partition coefficient (Wildman–Crippen LogP) is 5.86. The third kappa shape index (κ3) is 3.71. The van der Waals surface area contributed by atoms with Crippen molar-refractivity contribution < 1.29 is 14.3 Å². The van der Waals surface area contributed by atoms with Crippen molar-refractivity contribution in [2.45, 2.75) is 26.4 Å². The first-order valence-corrected chi connectivity index (χ1v) is 8.76. The van der Waals surface area contributed by atoms with Gasteiger partial charge in [-0.15, -0.1) is 0 Å². The van der Waals surface area contributed by atoms with Gasteiger partial charge in [-0.3, -0.25) is 4.57 Å². The summed E-state index contributed by atoms with van der Waals surface area (Å²) in [5, 5.41) is 0.961. The Kier molecular flexibility index (Phi) is 4.60. The minimum atomic E-state index is -0.548. The van der Waals surface area contributed by atoms with Crippen LogP contribution < -0.4 is 4.74 Å². The number of benzene rings is 2. The van der Waals surface area contributed by atoms with Crippen LogP contribution in [-0.4, -0.2) is 23.4 Å². The Labute approximate surface area is 155 Å². The van der Waals surface area contributed by atoms with Gasteiger partial charge in [0.15, 0.2) is 0 Å². The average molecular weight is 402 g/mol. The molecule has 0 amide bonds. The number of carbonyl (C=O) groups excluding carboxylic acids is 1. The van der Waals surface area contributed by atoms with Crippen LogP contribution in [0, 0.1) is 0 Å². The Morgan fingerprint density at radius 2 is 1.68 bits per heavy atom. The highest BCUT2D eigenvalue weighted by Gasteiger charge is 2.20. The van der Waals surface area contributed by atoms with E-state index < -0.39 is 11.7 Å². The molecule has 0 bridgehead atoms. The van der Waals surface area contributed by atoms with E-state index in [2.05, 4.69) is 15.9 Å². The van der Waals surface area contributed by atoms with Crippen molar-refractivity contribution in [1.29, 1.82) is 0 Å². The number of hydrogen-bond donors (Lipinski definition) is 0. The van der Waals surface area contributed by atoms with Crippen molar-refractivity contribution in [2.24, 2.45) is 0 Å². The Balaban J connectivity index is 2.06. The number of methoxy groups -OCH3 is 1. The Morgan fingerprint density at radius 3 is 2.28 bits per heavy atom. The number of fused-ring (bicyclic) bond motifs is 1. The zero-order valence-electron chi connectivity index (χ0n) is 14.7. The van der Waals surface area contributed by atoms with Crippen LogP contribution in [0.15, 0.2) is 53.1 Å². The fourth-order valence-electron chi connectivity index (χ4n) is 2.61. The molecule has 0 aliphatic rings. The molecule has 0 aliphatic heterocycles. The number of hydrogen-bond acceptors (Lipinski definition) is 3. The fourth-order valence-corrected chi connectivity index (χ4v) is 3.15. The molecule has 130 valence electrons. The van der Waals surface area contributed by atoms with Crippen molar-refractivity contribution in [2.75, 3.05) is 7.11 Å². The summed E-state index contributed by atoms with van der Waals surface area (Å²) in [5.74, 6) is 0.810. The fraction of sp³-hybridized carbons (Fsp3) is 0.250. The number of ether oxygens (including phenoxy) is 2. The summed E-state index contributed by atoms with van der Waals surface area (Å²) in [6.07, 6.45) is 1.35. The quantitative estimate of drug-likeness (QED) is 0.539. The Hall–Kier alpha value is -2.27. The van der Waals surface area contributed by atoms with E-state index >= 15 is 0 Å². The van der Waals surface area contributed by atoms with Gasteiger partial charge in [-0.25, -0.2) is 4.79 Å². The molecule has 4 nitrogen and oxygen atoms in total. The minimum absolute atomic E-state index is 0.393. The highest BCUT2D eigenvalue weighted by atomic mass is 79.9. The maximum absolute atomic E-state index is 12.5. The number of rotatable bonds is 2. The molecule has 0 saturated carbocycles. The molecule has 1 aromatic heterocycles. The third-order valence-corrected chi connectivity index (χ3v) is 4.40. The highest BCUT2D eigenvalue weighted by Crippen LogP contribution is 2.31. The van der Waals surface area contributed by atoms with Gasteiger partial charge in [-0.2, -0.15) is 0 Å². The van der Waals surface area contributed by atoms with E-state index in [0.717, 1.165) is 32.3 Å². The molecule has 3 rings (SSSR count). The van der Waals surface area contributed by atoms with Gasteiger partial charge in [-0.1, -0.05) is 24.3 Å². The first-order valence-electron chi connectivity index (χ1n) is 7.97. The van der Waals surface area contributed by atoms with Gasteiger partial charge in [0.1, 0.15) is 11.4 Å². The van der Waals surface area contributed by atoms with Crippen LogP contribution in [0.2, 0.25) is 0 Å². The molecule has 25 heavy (non-hydrogen) atoms. The van der Waals surface area contributed by atoms with E-state index in [1.54, 1.807) is 13.3 Å².